The van der Waals surface area contributed by atoms with E-state index in [4.69, 9.17) is 9.84 Å². The fourth-order valence-corrected chi connectivity index (χ4v) is 1.85. The van der Waals surface area contributed by atoms with Gasteiger partial charge in [0, 0.05) is 6.42 Å². The summed E-state index contributed by atoms with van der Waals surface area (Å²) in [5.74, 6) is -0.0671. The first-order chi connectivity index (χ1) is 8.66. The Balaban J connectivity index is 3.17. The molecule has 18 heavy (non-hydrogen) atoms. The first-order valence-electron chi connectivity index (χ1n) is 7.50. The molecule has 0 aliphatic heterocycles. The molecule has 0 heterocycles. The number of aliphatic hydroxyl groups excluding tert-OH is 1. The van der Waals surface area contributed by atoms with Gasteiger partial charge in [0.2, 0.25) is 0 Å². The number of unbranched alkanes of at least 4 members (excludes halogenated alkanes) is 6. The van der Waals surface area contributed by atoms with Gasteiger partial charge in [-0.3, -0.25) is 4.79 Å². The Kier molecular flexibility index (Phi) is 12.5. The van der Waals surface area contributed by atoms with E-state index in [1.807, 2.05) is 0 Å². The zero-order valence-electron chi connectivity index (χ0n) is 12.1. The molecule has 108 valence electrons. The predicted molar refractivity (Wildman–Crippen MR) is 74.5 cm³/mol. The smallest absolute Gasteiger partial charge is 0.305 e. The average Bonchev–Trinajstić information content (AvgIpc) is 2.33. The van der Waals surface area contributed by atoms with Crippen LogP contribution in [0, 0.1) is 0 Å². The van der Waals surface area contributed by atoms with Gasteiger partial charge >= 0.3 is 5.97 Å². The van der Waals surface area contributed by atoms with Crippen LogP contribution in [0.3, 0.4) is 0 Å². The minimum absolute atomic E-state index is 0.0671. The molecule has 1 N–H and O–H groups in total. The molecule has 0 aromatic heterocycles. The lowest BCUT2D eigenvalue weighted by Crippen LogP contribution is -2.06. The summed E-state index contributed by atoms with van der Waals surface area (Å²) in [4.78, 5) is 11.4. The van der Waals surface area contributed by atoms with Crippen molar-refractivity contribution in [2.24, 2.45) is 0 Å². The maximum atomic E-state index is 11.4. The van der Waals surface area contributed by atoms with Gasteiger partial charge < -0.3 is 9.84 Å². The summed E-state index contributed by atoms with van der Waals surface area (Å²) in [5.41, 5.74) is 0. The minimum Gasteiger partial charge on any atom is -0.466 e. The van der Waals surface area contributed by atoms with Gasteiger partial charge in [-0.2, -0.15) is 0 Å². The minimum atomic E-state index is -0.246. The Hall–Kier alpha value is -0.570. The van der Waals surface area contributed by atoms with E-state index in [1.165, 1.54) is 25.7 Å². The molecule has 0 aliphatic carbocycles. The van der Waals surface area contributed by atoms with Crippen LogP contribution in [0.25, 0.3) is 0 Å². The maximum absolute atomic E-state index is 11.4. The Morgan fingerprint density at radius 1 is 1.06 bits per heavy atom. The highest BCUT2D eigenvalue weighted by molar-refractivity contribution is 5.69. The van der Waals surface area contributed by atoms with Crippen LogP contribution in [0.1, 0.15) is 78.1 Å². The van der Waals surface area contributed by atoms with Crippen LogP contribution in [-0.4, -0.2) is 23.8 Å². The van der Waals surface area contributed by atoms with Crippen molar-refractivity contribution in [3.05, 3.63) is 0 Å². The summed E-state index contributed by atoms with van der Waals surface area (Å²) in [6.07, 6.45) is 10.0. The lowest BCUT2D eigenvalue weighted by Gasteiger charge is -2.06. The zero-order chi connectivity index (χ0) is 13.6. The van der Waals surface area contributed by atoms with Crippen molar-refractivity contribution in [2.75, 3.05) is 6.61 Å². The summed E-state index contributed by atoms with van der Waals surface area (Å²) in [7, 11) is 0. The Labute approximate surface area is 112 Å². The highest BCUT2D eigenvalue weighted by Gasteiger charge is 2.02. The predicted octanol–water partition coefficient (Wildman–Crippen LogP) is 3.83. The van der Waals surface area contributed by atoms with Gasteiger partial charge in [0.25, 0.3) is 0 Å². The highest BCUT2D eigenvalue weighted by atomic mass is 16.5. The Morgan fingerprint density at radius 2 is 1.72 bits per heavy atom. The molecule has 0 fully saturated rings. The first-order valence-corrected chi connectivity index (χ1v) is 7.50. The standard InChI is InChI=1S/C15H30O3/c1-3-4-5-6-7-8-12-15(17)18-13-10-9-11-14(2)16/h14,16H,3-13H2,1-2H3. The van der Waals surface area contributed by atoms with Gasteiger partial charge in [0.1, 0.15) is 0 Å². The van der Waals surface area contributed by atoms with Crippen LogP contribution < -0.4 is 0 Å². The van der Waals surface area contributed by atoms with Crippen LogP contribution >= 0.6 is 0 Å². The van der Waals surface area contributed by atoms with E-state index in [-0.39, 0.29) is 12.1 Å². The molecule has 0 saturated heterocycles. The number of hydrogen-bond acceptors (Lipinski definition) is 3. The van der Waals surface area contributed by atoms with Gasteiger partial charge in [-0.25, -0.2) is 0 Å². The largest absolute Gasteiger partial charge is 0.466 e. The van der Waals surface area contributed by atoms with Crippen molar-refractivity contribution in [1.29, 1.82) is 0 Å². The van der Waals surface area contributed by atoms with Crippen molar-refractivity contribution >= 4 is 5.97 Å². The van der Waals surface area contributed by atoms with Crippen molar-refractivity contribution in [1.82, 2.24) is 0 Å². The number of rotatable bonds is 12. The number of carbonyl (C=O) groups excluding carboxylic acids is 1. The van der Waals surface area contributed by atoms with E-state index in [0.29, 0.717) is 13.0 Å². The third kappa shape index (κ3) is 13.5. The summed E-state index contributed by atoms with van der Waals surface area (Å²) in [6.45, 7) is 4.49. The van der Waals surface area contributed by atoms with Crippen molar-refractivity contribution in [2.45, 2.75) is 84.2 Å². The van der Waals surface area contributed by atoms with Gasteiger partial charge in [-0.15, -0.1) is 0 Å². The van der Waals surface area contributed by atoms with E-state index >= 15 is 0 Å². The van der Waals surface area contributed by atoms with E-state index in [2.05, 4.69) is 6.92 Å². The van der Waals surface area contributed by atoms with Gasteiger partial charge in [0.15, 0.2) is 0 Å². The van der Waals surface area contributed by atoms with Gasteiger partial charge in [-0.05, 0) is 32.6 Å². The maximum Gasteiger partial charge on any atom is 0.305 e. The van der Waals surface area contributed by atoms with Crippen molar-refractivity contribution in [3.63, 3.8) is 0 Å². The fourth-order valence-electron chi connectivity index (χ4n) is 1.85. The second kappa shape index (κ2) is 12.9. The van der Waals surface area contributed by atoms with Gasteiger partial charge in [-0.1, -0.05) is 39.0 Å². The third-order valence-corrected chi connectivity index (χ3v) is 3.01. The van der Waals surface area contributed by atoms with E-state index in [0.717, 1.165) is 32.1 Å². The molecule has 0 radical (unpaired) electrons. The zero-order valence-corrected chi connectivity index (χ0v) is 12.1. The number of carbonyl (C=O) groups is 1. The number of aliphatic hydroxyl groups is 1. The lowest BCUT2D eigenvalue weighted by molar-refractivity contribution is -0.143. The summed E-state index contributed by atoms with van der Waals surface area (Å²) in [5, 5.41) is 9.06. The molecule has 0 rings (SSSR count). The topological polar surface area (TPSA) is 46.5 Å². The first kappa shape index (κ1) is 17.4. The number of hydrogen-bond donors (Lipinski definition) is 1. The molecular weight excluding hydrogens is 228 g/mol. The lowest BCUT2D eigenvalue weighted by atomic mass is 10.1. The van der Waals surface area contributed by atoms with Crippen LogP contribution in [0.2, 0.25) is 0 Å². The molecule has 0 amide bonds. The molecule has 1 atom stereocenters. The van der Waals surface area contributed by atoms with Crippen LogP contribution in [0.4, 0.5) is 0 Å². The molecule has 0 bridgehead atoms. The number of esters is 1. The van der Waals surface area contributed by atoms with Crippen molar-refractivity contribution < 1.29 is 14.6 Å². The van der Waals surface area contributed by atoms with Crippen LogP contribution in [0.15, 0.2) is 0 Å². The highest BCUT2D eigenvalue weighted by Crippen LogP contribution is 2.08. The van der Waals surface area contributed by atoms with Crippen molar-refractivity contribution in [3.8, 4) is 0 Å². The second-order valence-corrected chi connectivity index (χ2v) is 5.08. The monoisotopic (exact) mass is 258 g/mol. The van der Waals surface area contributed by atoms with E-state index in [1.54, 1.807) is 6.92 Å². The Bertz CT molecular complexity index is 190. The molecule has 3 heteroatoms. The van der Waals surface area contributed by atoms with E-state index < -0.39 is 0 Å². The number of ether oxygens (including phenoxy) is 1. The molecule has 0 aromatic carbocycles. The van der Waals surface area contributed by atoms with E-state index in [9.17, 15) is 4.79 Å². The molecule has 0 aromatic rings. The summed E-state index contributed by atoms with van der Waals surface area (Å²) >= 11 is 0. The molecule has 1 unspecified atom stereocenters. The third-order valence-electron chi connectivity index (χ3n) is 3.01. The van der Waals surface area contributed by atoms with Crippen LogP contribution in [-0.2, 0) is 9.53 Å². The average molecular weight is 258 g/mol. The SMILES string of the molecule is CCCCCCCCC(=O)OCCCCC(C)O. The quantitative estimate of drug-likeness (QED) is 0.427. The fraction of sp³-hybridized carbons (Fsp3) is 0.933. The Morgan fingerprint density at radius 3 is 2.39 bits per heavy atom. The molecular formula is C15H30O3. The van der Waals surface area contributed by atoms with Gasteiger partial charge in [0.05, 0.1) is 12.7 Å². The molecule has 0 aliphatic rings. The summed E-state index contributed by atoms with van der Waals surface area (Å²) < 4.78 is 5.13. The molecule has 3 nitrogen and oxygen atoms in total. The normalized spacial score (nSPS) is 12.4. The molecule has 0 saturated carbocycles. The summed E-state index contributed by atoms with van der Waals surface area (Å²) in [6, 6.07) is 0. The molecule has 0 spiro atoms. The van der Waals surface area contributed by atoms with Crippen LogP contribution in [0.5, 0.6) is 0 Å². The second-order valence-electron chi connectivity index (χ2n) is 5.08.